The van der Waals surface area contributed by atoms with Crippen molar-refractivity contribution in [2.45, 2.75) is 38.0 Å². The molecule has 6 heteroatoms. The van der Waals surface area contributed by atoms with Crippen LogP contribution < -0.4 is 5.32 Å². The van der Waals surface area contributed by atoms with Crippen molar-refractivity contribution in [3.8, 4) is 0 Å². The van der Waals surface area contributed by atoms with Gasteiger partial charge in [0.25, 0.3) is 0 Å². The lowest BCUT2D eigenvalue weighted by atomic mass is 9.81. The van der Waals surface area contributed by atoms with Crippen molar-refractivity contribution in [1.29, 1.82) is 0 Å². The van der Waals surface area contributed by atoms with Gasteiger partial charge in [-0.1, -0.05) is 6.07 Å². The van der Waals surface area contributed by atoms with Gasteiger partial charge >= 0.3 is 0 Å². The number of likely N-dealkylation sites (tertiary alicyclic amines) is 1. The van der Waals surface area contributed by atoms with E-state index in [0.717, 1.165) is 57.7 Å². The van der Waals surface area contributed by atoms with Gasteiger partial charge in [-0.25, -0.2) is 0 Å². The Labute approximate surface area is 148 Å². The maximum atomic E-state index is 12.9. The van der Waals surface area contributed by atoms with E-state index in [1.165, 1.54) is 0 Å². The lowest BCUT2D eigenvalue weighted by Crippen LogP contribution is -2.56. The molecular weight excluding hydrogens is 318 g/mol. The Hall–Kier alpha value is -1.50. The van der Waals surface area contributed by atoms with Crippen LogP contribution in [-0.2, 0) is 20.8 Å². The van der Waals surface area contributed by atoms with E-state index in [-0.39, 0.29) is 17.9 Å². The number of ether oxygens (including phenoxy) is 2. The predicted molar refractivity (Wildman–Crippen MR) is 92.8 cm³/mol. The normalized spacial score (nSPS) is 30.8. The van der Waals surface area contributed by atoms with Gasteiger partial charge in [0.2, 0.25) is 5.91 Å². The molecule has 3 aliphatic heterocycles. The smallest absolute Gasteiger partial charge is 0.225 e. The molecule has 0 saturated carbocycles. The van der Waals surface area contributed by atoms with Crippen molar-refractivity contribution >= 4 is 5.91 Å². The summed E-state index contributed by atoms with van der Waals surface area (Å²) < 4.78 is 11.5. The van der Waals surface area contributed by atoms with Gasteiger partial charge in [-0.3, -0.25) is 14.7 Å². The van der Waals surface area contributed by atoms with E-state index in [1.54, 1.807) is 12.4 Å². The minimum absolute atomic E-state index is 0.0146. The molecule has 0 aliphatic carbocycles. The molecule has 136 valence electrons. The fourth-order valence-electron chi connectivity index (χ4n) is 4.46. The van der Waals surface area contributed by atoms with E-state index in [1.807, 2.05) is 12.1 Å². The molecule has 3 atom stereocenters. The Bertz CT molecular complexity index is 577. The number of hydrogen-bond acceptors (Lipinski definition) is 5. The number of nitrogens with zero attached hydrogens (tertiary/aromatic N) is 2. The monoisotopic (exact) mass is 345 g/mol. The molecule has 6 nitrogen and oxygen atoms in total. The second-order valence-electron chi connectivity index (χ2n) is 7.34. The van der Waals surface area contributed by atoms with Crippen LogP contribution in [-0.4, -0.2) is 60.8 Å². The first-order chi connectivity index (χ1) is 12.3. The van der Waals surface area contributed by atoms with E-state index >= 15 is 0 Å². The van der Waals surface area contributed by atoms with E-state index in [4.69, 9.17) is 9.47 Å². The van der Waals surface area contributed by atoms with Crippen LogP contribution in [0.25, 0.3) is 0 Å². The summed E-state index contributed by atoms with van der Waals surface area (Å²) in [6.45, 7) is 4.78. The van der Waals surface area contributed by atoms with Crippen molar-refractivity contribution < 1.29 is 14.3 Å². The Kier molecular flexibility index (Phi) is 5.29. The zero-order valence-corrected chi connectivity index (χ0v) is 14.6. The molecule has 0 spiro atoms. The summed E-state index contributed by atoms with van der Waals surface area (Å²) in [5, 5.41) is 3.12. The number of amides is 1. The summed E-state index contributed by atoms with van der Waals surface area (Å²) in [7, 11) is 0. The highest BCUT2D eigenvalue weighted by molar-refractivity contribution is 5.79. The summed E-state index contributed by atoms with van der Waals surface area (Å²) in [5.74, 6) is 0.520. The maximum Gasteiger partial charge on any atom is 0.225 e. The van der Waals surface area contributed by atoms with Crippen LogP contribution in [0.15, 0.2) is 24.5 Å². The average Bonchev–Trinajstić information content (AvgIpc) is 3.15. The number of pyridine rings is 1. The number of nitrogens with one attached hydrogen (secondary N) is 1. The van der Waals surface area contributed by atoms with Crippen LogP contribution in [0.5, 0.6) is 0 Å². The third kappa shape index (κ3) is 3.86. The SMILES string of the molecule is O=C(NCc1cccnc1)[C@@H]1CN(C2CCOCC2)C[C@@H]2OCC[C@@H]21. The molecule has 1 amide bonds. The van der Waals surface area contributed by atoms with Gasteiger partial charge in [0, 0.05) is 63.8 Å². The fourth-order valence-corrected chi connectivity index (χ4v) is 4.46. The Morgan fingerprint density at radius 1 is 1.24 bits per heavy atom. The van der Waals surface area contributed by atoms with Crippen LogP contribution in [0.4, 0.5) is 0 Å². The van der Waals surface area contributed by atoms with Gasteiger partial charge in [0.15, 0.2) is 0 Å². The third-order valence-electron chi connectivity index (χ3n) is 5.86. The van der Waals surface area contributed by atoms with E-state index in [2.05, 4.69) is 15.2 Å². The highest BCUT2D eigenvalue weighted by Crippen LogP contribution is 2.35. The molecule has 0 aromatic carbocycles. The van der Waals surface area contributed by atoms with Crippen LogP contribution in [0.2, 0.25) is 0 Å². The van der Waals surface area contributed by atoms with Gasteiger partial charge in [0.05, 0.1) is 12.0 Å². The van der Waals surface area contributed by atoms with Gasteiger partial charge < -0.3 is 14.8 Å². The molecule has 3 aliphatic rings. The van der Waals surface area contributed by atoms with Crippen LogP contribution >= 0.6 is 0 Å². The second kappa shape index (κ2) is 7.81. The number of hydrogen-bond donors (Lipinski definition) is 1. The lowest BCUT2D eigenvalue weighted by Gasteiger charge is -2.44. The van der Waals surface area contributed by atoms with Gasteiger partial charge in [-0.2, -0.15) is 0 Å². The van der Waals surface area contributed by atoms with Crippen LogP contribution in [0.1, 0.15) is 24.8 Å². The summed E-state index contributed by atoms with van der Waals surface area (Å²) in [6, 6.07) is 4.41. The molecule has 3 saturated heterocycles. The molecule has 0 radical (unpaired) electrons. The molecule has 0 unspecified atom stereocenters. The number of carbonyl (C=O) groups excluding carboxylic acids is 1. The van der Waals surface area contributed by atoms with Crippen LogP contribution in [0.3, 0.4) is 0 Å². The van der Waals surface area contributed by atoms with Crippen molar-refractivity contribution in [2.75, 3.05) is 32.9 Å². The molecule has 25 heavy (non-hydrogen) atoms. The summed E-state index contributed by atoms with van der Waals surface area (Å²) in [6.07, 6.45) is 6.86. The maximum absolute atomic E-state index is 12.9. The van der Waals surface area contributed by atoms with Crippen molar-refractivity contribution in [2.24, 2.45) is 11.8 Å². The highest BCUT2D eigenvalue weighted by Gasteiger charge is 2.45. The van der Waals surface area contributed by atoms with E-state index in [9.17, 15) is 4.79 Å². The average molecular weight is 345 g/mol. The quantitative estimate of drug-likeness (QED) is 0.889. The molecule has 4 heterocycles. The largest absolute Gasteiger partial charge is 0.381 e. The first-order valence-electron chi connectivity index (χ1n) is 9.41. The van der Waals surface area contributed by atoms with E-state index < -0.39 is 0 Å². The molecule has 1 aromatic rings. The third-order valence-corrected chi connectivity index (χ3v) is 5.86. The molecular formula is C19H27N3O3. The molecule has 0 bridgehead atoms. The Morgan fingerprint density at radius 2 is 2.12 bits per heavy atom. The van der Waals surface area contributed by atoms with Crippen LogP contribution in [0, 0.1) is 11.8 Å². The predicted octanol–water partition coefficient (Wildman–Crippen LogP) is 1.21. The van der Waals surface area contributed by atoms with Gasteiger partial charge in [0.1, 0.15) is 0 Å². The lowest BCUT2D eigenvalue weighted by molar-refractivity contribution is -0.132. The van der Waals surface area contributed by atoms with Crippen molar-refractivity contribution in [3.63, 3.8) is 0 Å². The molecule has 4 rings (SSSR count). The molecule has 3 fully saturated rings. The number of carbonyl (C=O) groups is 1. The van der Waals surface area contributed by atoms with Crippen molar-refractivity contribution in [1.82, 2.24) is 15.2 Å². The Balaban J connectivity index is 1.41. The van der Waals surface area contributed by atoms with Gasteiger partial charge in [-0.15, -0.1) is 0 Å². The first kappa shape index (κ1) is 16.9. The van der Waals surface area contributed by atoms with Gasteiger partial charge in [-0.05, 0) is 30.9 Å². The zero-order chi connectivity index (χ0) is 17.1. The number of piperidine rings is 1. The number of fused-ring (bicyclic) bond motifs is 1. The minimum atomic E-state index is 0.0146. The topological polar surface area (TPSA) is 63.7 Å². The van der Waals surface area contributed by atoms with E-state index in [0.29, 0.717) is 18.5 Å². The highest BCUT2D eigenvalue weighted by atomic mass is 16.5. The summed E-state index contributed by atoms with van der Waals surface area (Å²) in [5.41, 5.74) is 1.03. The van der Waals surface area contributed by atoms with Crippen molar-refractivity contribution in [3.05, 3.63) is 30.1 Å². The molecule has 1 N–H and O–H groups in total. The summed E-state index contributed by atoms with van der Waals surface area (Å²) in [4.78, 5) is 19.5. The molecule has 1 aromatic heterocycles. The number of aromatic nitrogens is 1. The second-order valence-corrected chi connectivity index (χ2v) is 7.34. The minimum Gasteiger partial charge on any atom is -0.381 e. The first-order valence-corrected chi connectivity index (χ1v) is 9.41. The Morgan fingerprint density at radius 3 is 2.92 bits per heavy atom. The standard InChI is InChI=1S/C19H27N3O3/c23-19(21-11-14-2-1-6-20-10-14)17-12-22(15-3-7-24-8-4-15)13-18-16(17)5-9-25-18/h1-2,6,10,15-18H,3-5,7-9,11-13H2,(H,21,23)/t16-,17-,18+/m1/s1. The fraction of sp³-hybridized carbons (Fsp3) is 0.684. The summed E-state index contributed by atoms with van der Waals surface area (Å²) >= 11 is 0. The zero-order valence-electron chi connectivity index (χ0n) is 14.6. The number of rotatable bonds is 4.